The lowest BCUT2D eigenvalue weighted by Gasteiger charge is -2.03. The maximum atomic E-state index is 12.1. The minimum absolute atomic E-state index is 0.0118. The van der Waals surface area contributed by atoms with Crippen molar-refractivity contribution in [2.45, 2.75) is 17.4 Å². The summed E-state index contributed by atoms with van der Waals surface area (Å²) < 4.78 is 36.7. The van der Waals surface area contributed by atoms with E-state index in [0.29, 0.717) is 17.1 Å². The van der Waals surface area contributed by atoms with Crippen molar-refractivity contribution in [3.8, 4) is 0 Å². The van der Waals surface area contributed by atoms with Crippen LogP contribution in [0.1, 0.15) is 11.9 Å². The summed E-state index contributed by atoms with van der Waals surface area (Å²) in [6.45, 7) is 1.82. The fourth-order valence-corrected chi connectivity index (χ4v) is 2.40. The normalized spacial score (nSPS) is 14.2. The number of halogens is 3. The minimum Gasteiger partial charge on any atom is -0.396 e. The topological polar surface area (TPSA) is 46.0 Å². The lowest BCUT2D eigenvalue weighted by molar-refractivity contribution is -0.138. The first-order valence-electron chi connectivity index (χ1n) is 4.08. The Morgan fingerprint density at radius 1 is 1.47 bits per heavy atom. The van der Waals surface area contributed by atoms with E-state index in [1.165, 1.54) is 11.8 Å². The lowest BCUT2D eigenvalue weighted by Crippen LogP contribution is -2.03. The van der Waals surface area contributed by atoms with Crippen molar-refractivity contribution in [3.05, 3.63) is 5.01 Å². The van der Waals surface area contributed by atoms with Crippen LogP contribution in [0.4, 0.5) is 13.2 Å². The third-order valence-electron chi connectivity index (χ3n) is 1.45. The number of hydrogen-bond donors (Lipinski definition) is 1. The van der Waals surface area contributed by atoms with Crippen LogP contribution >= 0.6 is 23.1 Å². The van der Waals surface area contributed by atoms with Crippen molar-refractivity contribution in [1.82, 2.24) is 10.2 Å². The van der Waals surface area contributed by atoms with Crippen LogP contribution in [-0.2, 0) is 6.18 Å². The Labute approximate surface area is 92.7 Å². The predicted octanol–water partition coefficient (Wildman–Crippen LogP) is 2.28. The summed E-state index contributed by atoms with van der Waals surface area (Å²) in [5, 5.41) is 14.3. The Balaban J connectivity index is 2.54. The maximum Gasteiger partial charge on any atom is 0.445 e. The Morgan fingerprint density at radius 3 is 2.60 bits per heavy atom. The molecular weight excluding hydrogens is 249 g/mol. The minimum atomic E-state index is -4.42. The number of aliphatic hydroxyl groups excluding tert-OH is 1. The molecule has 0 aromatic carbocycles. The van der Waals surface area contributed by atoms with Gasteiger partial charge in [-0.05, 0) is 5.92 Å². The van der Waals surface area contributed by atoms with Gasteiger partial charge in [-0.2, -0.15) is 13.2 Å². The van der Waals surface area contributed by atoms with E-state index in [4.69, 9.17) is 5.11 Å². The molecule has 86 valence electrons. The third kappa shape index (κ3) is 3.96. The smallest absolute Gasteiger partial charge is 0.396 e. The van der Waals surface area contributed by atoms with E-state index in [0.717, 1.165) is 0 Å². The van der Waals surface area contributed by atoms with Crippen LogP contribution in [0.2, 0.25) is 0 Å². The molecule has 3 nitrogen and oxygen atoms in total. The highest BCUT2D eigenvalue weighted by molar-refractivity contribution is 8.01. The predicted molar refractivity (Wildman–Crippen MR) is 51.9 cm³/mol. The number of aliphatic hydroxyl groups is 1. The summed E-state index contributed by atoms with van der Waals surface area (Å²) in [5.41, 5.74) is 0. The van der Waals surface area contributed by atoms with Gasteiger partial charge in [-0.15, -0.1) is 10.2 Å². The number of rotatable bonds is 4. The molecule has 15 heavy (non-hydrogen) atoms. The molecule has 8 heteroatoms. The molecule has 0 bridgehead atoms. The van der Waals surface area contributed by atoms with Gasteiger partial charge in [-0.1, -0.05) is 30.0 Å². The van der Waals surface area contributed by atoms with Crippen LogP contribution < -0.4 is 0 Å². The summed E-state index contributed by atoms with van der Waals surface area (Å²) in [4.78, 5) is 0. The van der Waals surface area contributed by atoms with Crippen molar-refractivity contribution in [2.24, 2.45) is 5.92 Å². The van der Waals surface area contributed by atoms with E-state index in [-0.39, 0.29) is 16.9 Å². The lowest BCUT2D eigenvalue weighted by atomic mass is 10.2. The van der Waals surface area contributed by atoms with Crippen molar-refractivity contribution >= 4 is 23.1 Å². The van der Waals surface area contributed by atoms with Gasteiger partial charge in [-0.3, -0.25) is 0 Å². The van der Waals surface area contributed by atoms with Crippen molar-refractivity contribution in [3.63, 3.8) is 0 Å². The second-order valence-electron chi connectivity index (χ2n) is 2.97. The molecule has 1 heterocycles. The van der Waals surface area contributed by atoms with E-state index in [1.54, 1.807) is 6.92 Å². The van der Waals surface area contributed by atoms with Crippen LogP contribution in [0, 0.1) is 5.92 Å². The van der Waals surface area contributed by atoms with Gasteiger partial charge in [0.2, 0.25) is 5.01 Å². The van der Waals surface area contributed by atoms with E-state index < -0.39 is 11.2 Å². The number of thioether (sulfide) groups is 1. The summed E-state index contributed by atoms with van der Waals surface area (Å²) >= 11 is 1.70. The van der Waals surface area contributed by atoms with Gasteiger partial charge in [0.15, 0.2) is 4.34 Å². The second kappa shape index (κ2) is 5.13. The van der Waals surface area contributed by atoms with Crippen molar-refractivity contribution in [2.75, 3.05) is 12.4 Å². The summed E-state index contributed by atoms with van der Waals surface area (Å²) in [6.07, 6.45) is -4.42. The van der Waals surface area contributed by atoms with Crippen LogP contribution in [0.25, 0.3) is 0 Å². The molecule has 0 fully saturated rings. The van der Waals surface area contributed by atoms with Gasteiger partial charge in [0.25, 0.3) is 0 Å². The van der Waals surface area contributed by atoms with Gasteiger partial charge < -0.3 is 5.11 Å². The molecular formula is C7H9F3N2OS2. The van der Waals surface area contributed by atoms with Gasteiger partial charge in [-0.25, -0.2) is 0 Å². The monoisotopic (exact) mass is 258 g/mol. The molecule has 1 aromatic heterocycles. The number of hydrogen-bond acceptors (Lipinski definition) is 5. The molecule has 0 saturated carbocycles. The van der Waals surface area contributed by atoms with Crippen LogP contribution in [-0.4, -0.2) is 27.7 Å². The SMILES string of the molecule is CC(CO)CSc1nnc(C(F)(F)F)s1. The van der Waals surface area contributed by atoms with Gasteiger partial charge in [0, 0.05) is 12.4 Å². The van der Waals surface area contributed by atoms with Crippen LogP contribution in [0.15, 0.2) is 4.34 Å². The first-order valence-corrected chi connectivity index (χ1v) is 5.88. The van der Waals surface area contributed by atoms with E-state index >= 15 is 0 Å². The first kappa shape index (κ1) is 12.7. The number of aromatic nitrogens is 2. The Bertz CT molecular complexity index is 315. The summed E-state index contributed by atoms with van der Waals surface area (Å²) in [7, 11) is 0. The average molecular weight is 258 g/mol. The van der Waals surface area contributed by atoms with Crippen LogP contribution in [0.3, 0.4) is 0 Å². The Kier molecular flexibility index (Phi) is 4.35. The molecule has 0 amide bonds. The molecule has 1 atom stereocenters. The molecule has 1 rings (SSSR count). The molecule has 0 aliphatic rings. The Morgan fingerprint density at radius 2 is 2.13 bits per heavy atom. The molecule has 0 aliphatic carbocycles. The molecule has 1 aromatic rings. The third-order valence-corrected chi connectivity index (χ3v) is 3.88. The fraction of sp³-hybridized carbons (Fsp3) is 0.714. The zero-order valence-electron chi connectivity index (χ0n) is 7.78. The largest absolute Gasteiger partial charge is 0.445 e. The highest BCUT2D eigenvalue weighted by Gasteiger charge is 2.35. The van der Waals surface area contributed by atoms with Crippen molar-refractivity contribution in [1.29, 1.82) is 0 Å². The molecule has 0 spiro atoms. The highest BCUT2D eigenvalue weighted by Crippen LogP contribution is 2.34. The standard InChI is InChI=1S/C7H9F3N2OS2/c1-4(2-13)3-14-6-12-11-5(15-6)7(8,9)10/h4,13H,2-3H2,1H3. The van der Waals surface area contributed by atoms with E-state index in [9.17, 15) is 13.2 Å². The highest BCUT2D eigenvalue weighted by atomic mass is 32.2. The quantitative estimate of drug-likeness (QED) is 0.842. The average Bonchev–Trinajstić information content (AvgIpc) is 2.61. The zero-order valence-corrected chi connectivity index (χ0v) is 9.42. The second-order valence-corrected chi connectivity index (χ2v) is 5.21. The first-order chi connectivity index (χ1) is 6.93. The van der Waals surface area contributed by atoms with Gasteiger partial charge in [0.05, 0.1) is 0 Å². The Hall–Kier alpha value is -0.340. The molecule has 0 radical (unpaired) electrons. The summed E-state index contributed by atoms with van der Waals surface area (Å²) in [6, 6.07) is 0. The van der Waals surface area contributed by atoms with Crippen molar-refractivity contribution < 1.29 is 18.3 Å². The van der Waals surface area contributed by atoms with E-state index in [2.05, 4.69) is 10.2 Å². The fourth-order valence-electron chi connectivity index (χ4n) is 0.649. The van der Waals surface area contributed by atoms with Crippen LogP contribution in [0.5, 0.6) is 0 Å². The van der Waals surface area contributed by atoms with E-state index in [1.807, 2.05) is 0 Å². The molecule has 0 saturated heterocycles. The van der Waals surface area contributed by atoms with Gasteiger partial charge in [0.1, 0.15) is 0 Å². The summed E-state index contributed by atoms with van der Waals surface area (Å²) in [5.74, 6) is 0.566. The number of nitrogens with zero attached hydrogens (tertiary/aromatic N) is 2. The zero-order chi connectivity index (χ0) is 11.5. The van der Waals surface area contributed by atoms with Gasteiger partial charge >= 0.3 is 6.18 Å². The molecule has 1 unspecified atom stereocenters. The molecule has 1 N–H and O–H groups in total. The maximum absolute atomic E-state index is 12.1. The molecule has 0 aliphatic heterocycles. The number of alkyl halides is 3.